The molecule has 0 N–H and O–H groups in total. The van der Waals surface area contributed by atoms with E-state index in [9.17, 15) is 9.59 Å². The van der Waals surface area contributed by atoms with Gasteiger partial charge >= 0.3 is 0 Å². The molecular weight excluding hydrogens is 360 g/mol. The Balaban J connectivity index is 1.56. The van der Waals surface area contributed by atoms with Crippen molar-refractivity contribution in [1.82, 2.24) is 9.99 Å². The molecule has 0 radical (unpaired) electrons. The van der Waals surface area contributed by atoms with Gasteiger partial charge in [0.2, 0.25) is 0 Å². The highest BCUT2D eigenvalue weighted by atomic mass is 35.5. The number of nitrogens with zero attached hydrogens (tertiary/aromatic N) is 4. The lowest BCUT2D eigenvalue weighted by Crippen LogP contribution is -2.29. The van der Waals surface area contributed by atoms with Crippen LogP contribution in [0.15, 0.2) is 29.4 Å². The SMILES string of the molecule is O=C1c2ccccc2C(=O)N1/N=C\c1sc(N2CCCCC2)nc1Cl. The molecule has 1 aromatic heterocycles. The van der Waals surface area contributed by atoms with E-state index in [1.807, 2.05) is 0 Å². The van der Waals surface area contributed by atoms with Crippen molar-refractivity contribution < 1.29 is 9.59 Å². The summed E-state index contributed by atoms with van der Waals surface area (Å²) in [6, 6.07) is 6.70. The molecule has 1 fully saturated rings. The van der Waals surface area contributed by atoms with Gasteiger partial charge in [-0.15, -0.1) is 0 Å². The lowest BCUT2D eigenvalue weighted by atomic mass is 10.1. The standard InChI is InChI=1S/C17H15ClN4O2S/c18-14-13(25-17(20-14)21-8-4-1-5-9-21)10-19-22-15(23)11-6-2-3-7-12(11)16(22)24/h2-3,6-7,10H,1,4-5,8-9H2/b19-10-. The third-order valence-electron chi connectivity index (χ3n) is 4.29. The van der Waals surface area contributed by atoms with E-state index in [1.54, 1.807) is 24.3 Å². The van der Waals surface area contributed by atoms with Crippen molar-refractivity contribution >= 4 is 46.1 Å². The molecule has 0 atom stereocenters. The first-order valence-electron chi connectivity index (χ1n) is 8.08. The van der Waals surface area contributed by atoms with Crippen LogP contribution in [0.5, 0.6) is 0 Å². The van der Waals surface area contributed by atoms with Crippen LogP contribution in [0.4, 0.5) is 5.13 Å². The number of amides is 2. The van der Waals surface area contributed by atoms with Gasteiger partial charge in [-0.2, -0.15) is 10.1 Å². The molecule has 6 nitrogen and oxygen atoms in total. The molecule has 2 aliphatic heterocycles. The van der Waals surface area contributed by atoms with Crippen LogP contribution >= 0.6 is 22.9 Å². The first-order valence-corrected chi connectivity index (χ1v) is 9.27. The molecule has 4 rings (SSSR count). The van der Waals surface area contributed by atoms with E-state index in [0.717, 1.165) is 36.1 Å². The molecular formula is C17H15ClN4O2S. The fraction of sp³-hybridized carbons (Fsp3) is 0.294. The number of hydrogen-bond acceptors (Lipinski definition) is 6. The Morgan fingerprint density at radius 2 is 1.72 bits per heavy atom. The Labute approximate surface area is 153 Å². The van der Waals surface area contributed by atoms with E-state index in [-0.39, 0.29) is 0 Å². The van der Waals surface area contributed by atoms with Gasteiger partial charge in [-0.3, -0.25) is 9.59 Å². The van der Waals surface area contributed by atoms with Gasteiger partial charge in [-0.1, -0.05) is 35.1 Å². The van der Waals surface area contributed by atoms with Crippen LogP contribution in [0, 0.1) is 0 Å². The summed E-state index contributed by atoms with van der Waals surface area (Å²) in [6.07, 6.45) is 4.98. The van der Waals surface area contributed by atoms with Crippen LogP contribution < -0.4 is 4.90 Å². The molecule has 0 bridgehead atoms. The Hall–Kier alpha value is -2.25. The lowest BCUT2D eigenvalue weighted by Gasteiger charge is -2.25. The van der Waals surface area contributed by atoms with Crippen LogP contribution in [0.2, 0.25) is 5.15 Å². The summed E-state index contributed by atoms with van der Waals surface area (Å²) in [6.45, 7) is 1.94. The average molecular weight is 375 g/mol. The number of carbonyl (C=O) groups excluding carboxylic acids is 2. The molecule has 3 heterocycles. The Kier molecular flexibility index (Phi) is 4.27. The predicted octanol–water partition coefficient (Wildman–Crippen LogP) is 3.42. The van der Waals surface area contributed by atoms with Crippen LogP contribution in [0.25, 0.3) is 0 Å². The maximum Gasteiger partial charge on any atom is 0.282 e. The number of hydrogen-bond donors (Lipinski definition) is 0. The summed E-state index contributed by atoms with van der Waals surface area (Å²) in [5.41, 5.74) is 0.739. The number of benzene rings is 1. The minimum absolute atomic E-state index is 0.339. The smallest absolute Gasteiger partial charge is 0.282 e. The summed E-state index contributed by atoms with van der Waals surface area (Å²) >= 11 is 7.62. The molecule has 1 saturated heterocycles. The average Bonchev–Trinajstić information content (AvgIpc) is 3.13. The number of hydrazone groups is 1. The van der Waals surface area contributed by atoms with Crippen molar-refractivity contribution in [2.24, 2.45) is 5.10 Å². The highest BCUT2D eigenvalue weighted by Gasteiger charge is 2.35. The maximum atomic E-state index is 12.3. The van der Waals surface area contributed by atoms with Gasteiger partial charge in [0.1, 0.15) is 0 Å². The Bertz CT molecular complexity index is 838. The number of anilines is 1. The van der Waals surface area contributed by atoms with Crippen LogP contribution in [-0.2, 0) is 0 Å². The van der Waals surface area contributed by atoms with Gasteiger partial charge in [0.15, 0.2) is 10.3 Å². The summed E-state index contributed by atoms with van der Waals surface area (Å²) in [4.78, 5) is 31.8. The van der Waals surface area contributed by atoms with Crippen molar-refractivity contribution in [3.8, 4) is 0 Å². The second kappa shape index (κ2) is 6.57. The lowest BCUT2D eigenvalue weighted by molar-refractivity contribution is 0.0660. The van der Waals surface area contributed by atoms with Gasteiger partial charge in [-0.05, 0) is 31.4 Å². The van der Waals surface area contributed by atoms with E-state index in [1.165, 1.54) is 24.0 Å². The summed E-state index contributed by atoms with van der Waals surface area (Å²) in [5.74, 6) is -0.845. The number of thiazole rings is 1. The molecule has 8 heteroatoms. The van der Waals surface area contributed by atoms with Crippen LogP contribution in [0.3, 0.4) is 0 Å². The highest BCUT2D eigenvalue weighted by molar-refractivity contribution is 7.17. The fourth-order valence-corrected chi connectivity index (χ4v) is 4.16. The zero-order chi connectivity index (χ0) is 17.4. The highest BCUT2D eigenvalue weighted by Crippen LogP contribution is 2.30. The number of imide groups is 1. The Morgan fingerprint density at radius 3 is 2.36 bits per heavy atom. The van der Waals surface area contributed by atoms with Crippen LogP contribution in [-0.4, -0.2) is 41.1 Å². The maximum absolute atomic E-state index is 12.3. The number of rotatable bonds is 3. The largest absolute Gasteiger partial charge is 0.348 e. The third kappa shape index (κ3) is 2.94. The van der Waals surface area contributed by atoms with E-state index in [4.69, 9.17) is 11.6 Å². The minimum atomic E-state index is -0.422. The second-order valence-electron chi connectivity index (χ2n) is 5.91. The molecule has 2 aliphatic rings. The molecule has 0 aliphatic carbocycles. The molecule has 2 amide bonds. The van der Waals surface area contributed by atoms with E-state index < -0.39 is 11.8 Å². The van der Waals surface area contributed by atoms with Gasteiger partial charge in [0, 0.05) is 13.1 Å². The van der Waals surface area contributed by atoms with Crippen molar-refractivity contribution in [3.63, 3.8) is 0 Å². The molecule has 1 aromatic carbocycles. The van der Waals surface area contributed by atoms with Crippen molar-refractivity contribution in [2.75, 3.05) is 18.0 Å². The summed E-state index contributed by atoms with van der Waals surface area (Å²) < 4.78 is 0. The molecule has 128 valence electrons. The molecule has 0 unspecified atom stereocenters. The number of fused-ring (bicyclic) bond motifs is 1. The van der Waals surface area contributed by atoms with Crippen molar-refractivity contribution in [2.45, 2.75) is 19.3 Å². The topological polar surface area (TPSA) is 65.9 Å². The predicted molar refractivity (Wildman–Crippen MR) is 97.7 cm³/mol. The van der Waals surface area contributed by atoms with Crippen LogP contribution in [0.1, 0.15) is 44.9 Å². The number of aromatic nitrogens is 1. The number of carbonyl (C=O) groups is 2. The Morgan fingerprint density at radius 1 is 1.08 bits per heavy atom. The molecule has 2 aromatic rings. The third-order valence-corrected chi connectivity index (χ3v) is 5.74. The summed E-state index contributed by atoms with van der Waals surface area (Å²) in [5, 5.41) is 6.14. The van der Waals surface area contributed by atoms with Crippen molar-refractivity contribution in [1.29, 1.82) is 0 Å². The molecule has 0 saturated carbocycles. The monoisotopic (exact) mass is 374 g/mol. The normalized spacial score (nSPS) is 17.6. The fourth-order valence-electron chi connectivity index (χ4n) is 2.99. The number of halogens is 1. The first kappa shape index (κ1) is 16.2. The summed E-state index contributed by atoms with van der Waals surface area (Å²) in [7, 11) is 0. The van der Waals surface area contributed by atoms with E-state index in [0.29, 0.717) is 21.2 Å². The van der Waals surface area contributed by atoms with Gasteiger partial charge in [0.05, 0.1) is 22.2 Å². The van der Waals surface area contributed by atoms with Crippen molar-refractivity contribution in [3.05, 3.63) is 45.4 Å². The zero-order valence-electron chi connectivity index (χ0n) is 13.3. The molecule has 25 heavy (non-hydrogen) atoms. The van der Waals surface area contributed by atoms with Gasteiger partial charge in [0.25, 0.3) is 11.8 Å². The zero-order valence-corrected chi connectivity index (χ0v) is 14.9. The molecule has 0 spiro atoms. The second-order valence-corrected chi connectivity index (χ2v) is 7.28. The van der Waals surface area contributed by atoms with E-state index in [2.05, 4.69) is 15.0 Å². The first-order chi connectivity index (χ1) is 12.1. The van der Waals surface area contributed by atoms with Gasteiger partial charge < -0.3 is 4.90 Å². The number of piperidine rings is 1. The van der Waals surface area contributed by atoms with Gasteiger partial charge in [-0.25, -0.2) is 4.98 Å². The quantitative estimate of drug-likeness (QED) is 0.610. The minimum Gasteiger partial charge on any atom is -0.348 e. The van der Waals surface area contributed by atoms with E-state index >= 15 is 0 Å².